The molecule has 1 unspecified atom stereocenters. The minimum atomic E-state index is -0.510. The molecular weight excluding hydrogens is 318 g/mol. The predicted molar refractivity (Wildman–Crippen MR) is 90.2 cm³/mol. The lowest BCUT2D eigenvalue weighted by Gasteiger charge is -2.31. The zero-order chi connectivity index (χ0) is 15.9. The zero-order valence-corrected chi connectivity index (χ0v) is 14.1. The molecule has 1 aliphatic heterocycles. The first-order valence-electron chi connectivity index (χ1n) is 7.51. The van der Waals surface area contributed by atoms with Crippen molar-refractivity contribution in [3.8, 4) is 0 Å². The van der Waals surface area contributed by atoms with Crippen molar-refractivity contribution in [2.24, 2.45) is 5.73 Å². The summed E-state index contributed by atoms with van der Waals surface area (Å²) in [4.78, 5) is 25.5. The molecule has 1 heterocycles. The van der Waals surface area contributed by atoms with Crippen LogP contribution in [0.5, 0.6) is 0 Å². The Balaban J connectivity index is 0.00000264. The maximum atomic E-state index is 12.6. The lowest BCUT2D eigenvalue weighted by Crippen LogP contribution is -2.47. The number of nitrogens with one attached hydrogen (secondary N) is 1. The van der Waals surface area contributed by atoms with Crippen LogP contribution >= 0.6 is 12.4 Å². The van der Waals surface area contributed by atoms with Crippen LogP contribution in [0.1, 0.15) is 24.9 Å². The fourth-order valence-corrected chi connectivity index (χ4v) is 2.60. The van der Waals surface area contributed by atoms with Gasteiger partial charge in [0.25, 0.3) is 0 Å². The number of nitrogens with zero attached hydrogens (tertiary/aromatic N) is 1. The van der Waals surface area contributed by atoms with Gasteiger partial charge in [-0.2, -0.15) is 0 Å². The van der Waals surface area contributed by atoms with E-state index in [1.807, 2.05) is 37.3 Å². The third-order valence-corrected chi connectivity index (χ3v) is 3.82. The molecular formula is C16H24ClN3O3. The molecule has 1 saturated heterocycles. The molecule has 128 valence electrons. The summed E-state index contributed by atoms with van der Waals surface area (Å²) in [6.45, 7) is 3.73. The Bertz CT molecular complexity index is 507. The molecule has 0 aromatic heterocycles. The lowest BCUT2D eigenvalue weighted by molar-refractivity contribution is -0.138. The van der Waals surface area contributed by atoms with Crippen LogP contribution in [0, 0.1) is 0 Å². The summed E-state index contributed by atoms with van der Waals surface area (Å²) < 4.78 is 5.36. The van der Waals surface area contributed by atoms with Crippen molar-refractivity contribution in [1.82, 2.24) is 10.2 Å². The average Bonchev–Trinajstić information content (AvgIpc) is 2.53. The lowest BCUT2D eigenvalue weighted by atomic mass is 10.1. The molecule has 7 heteroatoms. The number of benzene rings is 1. The van der Waals surface area contributed by atoms with E-state index >= 15 is 0 Å². The molecule has 3 N–H and O–H groups in total. The van der Waals surface area contributed by atoms with Crippen LogP contribution in [0.2, 0.25) is 0 Å². The maximum absolute atomic E-state index is 12.6. The molecule has 0 saturated carbocycles. The van der Waals surface area contributed by atoms with E-state index in [1.165, 1.54) is 4.90 Å². The van der Waals surface area contributed by atoms with Gasteiger partial charge in [0.15, 0.2) is 0 Å². The molecule has 0 bridgehead atoms. The zero-order valence-electron chi connectivity index (χ0n) is 13.2. The first-order chi connectivity index (χ1) is 10.6. The number of hydrogen-bond acceptors (Lipinski definition) is 4. The quantitative estimate of drug-likeness (QED) is 0.803. The second kappa shape index (κ2) is 9.50. The van der Waals surface area contributed by atoms with E-state index in [0.29, 0.717) is 19.6 Å². The highest BCUT2D eigenvalue weighted by Gasteiger charge is 2.26. The Labute approximate surface area is 142 Å². The van der Waals surface area contributed by atoms with Crippen molar-refractivity contribution in [1.29, 1.82) is 0 Å². The molecule has 1 aromatic rings. The monoisotopic (exact) mass is 341 g/mol. The summed E-state index contributed by atoms with van der Waals surface area (Å²) >= 11 is 0. The van der Waals surface area contributed by atoms with E-state index in [4.69, 9.17) is 10.5 Å². The van der Waals surface area contributed by atoms with Gasteiger partial charge in [0.1, 0.15) is 0 Å². The maximum Gasteiger partial charge on any atom is 0.237 e. The molecule has 0 aliphatic carbocycles. The van der Waals surface area contributed by atoms with Gasteiger partial charge in [-0.05, 0) is 12.5 Å². The fourth-order valence-electron chi connectivity index (χ4n) is 2.60. The van der Waals surface area contributed by atoms with Gasteiger partial charge in [0, 0.05) is 19.0 Å². The Kier molecular flexibility index (Phi) is 8.02. The highest BCUT2D eigenvalue weighted by atomic mass is 35.5. The van der Waals surface area contributed by atoms with Gasteiger partial charge in [0.05, 0.1) is 25.8 Å². The van der Waals surface area contributed by atoms with Crippen molar-refractivity contribution >= 4 is 24.2 Å². The van der Waals surface area contributed by atoms with E-state index in [1.54, 1.807) is 0 Å². The molecule has 23 heavy (non-hydrogen) atoms. The van der Waals surface area contributed by atoms with Crippen LogP contribution in [-0.4, -0.2) is 49.1 Å². The Morgan fingerprint density at radius 2 is 2.09 bits per heavy atom. The highest BCUT2D eigenvalue weighted by molar-refractivity contribution is 5.85. The first kappa shape index (κ1) is 19.4. The molecule has 1 fully saturated rings. The van der Waals surface area contributed by atoms with Crippen LogP contribution in [0.25, 0.3) is 0 Å². The van der Waals surface area contributed by atoms with Crippen LogP contribution in [-0.2, 0) is 14.3 Å². The normalized spacial score (nSPS) is 18.6. The van der Waals surface area contributed by atoms with Crippen LogP contribution in [0.3, 0.4) is 0 Å². The van der Waals surface area contributed by atoms with E-state index in [-0.39, 0.29) is 36.9 Å². The van der Waals surface area contributed by atoms with Crippen LogP contribution in [0.4, 0.5) is 0 Å². The first-order valence-corrected chi connectivity index (χ1v) is 7.51. The second-order valence-corrected chi connectivity index (χ2v) is 5.50. The molecule has 2 amide bonds. The number of morpholine rings is 1. The number of ether oxygens (including phenoxy) is 1. The summed E-state index contributed by atoms with van der Waals surface area (Å²) in [5.74, 6) is -0.609. The van der Waals surface area contributed by atoms with E-state index < -0.39 is 5.91 Å². The van der Waals surface area contributed by atoms with E-state index in [0.717, 1.165) is 12.1 Å². The van der Waals surface area contributed by atoms with Crippen molar-refractivity contribution in [2.75, 3.05) is 26.3 Å². The number of rotatable bonds is 6. The van der Waals surface area contributed by atoms with E-state index in [9.17, 15) is 9.59 Å². The predicted octanol–water partition coefficient (Wildman–Crippen LogP) is 0.862. The van der Waals surface area contributed by atoms with Gasteiger partial charge in [-0.3, -0.25) is 9.59 Å². The number of nitrogens with two attached hydrogens (primary N) is 1. The topological polar surface area (TPSA) is 84.7 Å². The van der Waals surface area contributed by atoms with Gasteiger partial charge in [-0.25, -0.2) is 0 Å². The minimum Gasteiger partial charge on any atom is -0.378 e. The molecule has 6 nitrogen and oxygen atoms in total. The second-order valence-electron chi connectivity index (χ2n) is 5.50. The molecule has 1 aromatic carbocycles. The molecule has 2 rings (SSSR count). The summed E-state index contributed by atoms with van der Waals surface area (Å²) in [6.07, 6.45) is 0.296. The largest absolute Gasteiger partial charge is 0.378 e. The number of carbonyl (C=O) groups excluding carboxylic acids is 2. The van der Waals surface area contributed by atoms with Crippen LogP contribution in [0.15, 0.2) is 30.3 Å². The molecule has 0 radical (unpaired) electrons. The van der Waals surface area contributed by atoms with Gasteiger partial charge >= 0.3 is 0 Å². The standard InChI is InChI=1S/C16H23N3O3.ClH/c1-12(13-5-3-2-4-6-13)19(10-15(17)20)16(21)9-14-11-22-8-7-18-14;/h2-6,12,14,18H,7-11H2,1H3,(H2,17,20);1H/t12-,14?;/m1./s1. The van der Waals surface area contributed by atoms with Crippen molar-refractivity contribution < 1.29 is 14.3 Å². The number of amides is 2. The van der Waals surface area contributed by atoms with E-state index in [2.05, 4.69) is 5.32 Å². The average molecular weight is 342 g/mol. The number of primary amides is 1. The van der Waals surface area contributed by atoms with Gasteiger partial charge in [-0.1, -0.05) is 30.3 Å². The smallest absolute Gasteiger partial charge is 0.237 e. The summed E-state index contributed by atoms with van der Waals surface area (Å²) in [5.41, 5.74) is 6.28. The Morgan fingerprint density at radius 1 is 1.39 bits per heavy atom. The number of carbonyl (C=O) groups is 2. The summed E-state index contributed by atoms with van der Waals surface area (Å²) in [7, 11) is 0. The highest BCUT2D eigenvalue weighted by Crippen LogP contribution is 2.21. The van der Waals surface area contributed by atoms with Gasteiger partial charge in [-0.15, -0.1) is 12.4 Å². The van der Waals surface area contributed by atoms with Gasteiger partial charge < -0.3 is 20.7 Å². The fraction of sp³-hybridized carbons (Fsp3) is 0.500. The number of hydrogen-bond donors (Lipinski definition) is 2. The SMILES string of the molecule is C[C@H](c1ccccc1)N(CC(N)=O)C(=O)CC1COCCN1.Cl. The molecule has 1 aliphatic rings. The Morgan fingerprint density at radius 3 is 2.65 bits per heavy atom. The summed E-state index contributed by atoms with van der Waals surface area (Å²) in [5, 5.41) is 3.25. The van der Waals surface area contributed by atoms with Crippen molar-refractivity contribution in [3.63, 3.8) is 0 Å². The Hall–Kier alpha value is -1.63. The molecule has 0 spiro atoms. The van der Waals surface area contributed by atoms with Gasteiger partial charge in [0.2, 0.25) is 11.8 Å². The third kappa shape index (κ3) is 5.82. The summed E-state index contributed by atoms with van der Waals surface area (Å²) in [6, 6.07) is 9.40. The molecule has 2 atom stereocenters. The van der Waals surface area contributed by atoms with Crippen molar-refractivity contribution in [3.05, 3.63) is 35.9 Å². The van der Waals surface area contributed by atoms with Crippen molar-refractivity contribution in [2.45, 2.75) is 25.4 Å². The third-order valence-electron chi connectivity index (χ3n) is 3.82. The van der Waals surface area contributed by atoms with Crippen LogP contribution < -0.4 is 11.1 Å². The number of halogens is 1. The minimum absolute atomic E-state index is 0.